The Morgan fingerprint density at radius 1 is 1.10 bits per heavy atom. The van der Waals surface area contributed by atoms with Gasteiger partial charge in [0.2, 0.25) is 5.95 Å². The number of fused-ring (bicyclic) bond motifs is 1. The van der Waals surface area contributed by atoms with Gasteiger partial charge in [0.15, 0.2) is 0 Å². The van der Waals surface area contributed by atoms with Crippen LogP contribution in [0.25, 0.3) is 22.3 Å². The van der Waals surface area contributed by atoms with E-state index in [0.29, 0.717) is 35.3 Å². The average Bonchev–Trinajstić information content (AvgIpc) is 3.80. The standard InChI is InChI=1S/C29H30N8O2S2/c1-17-25(33-16-40-17)24-10-19-12-32-29(35-21-2-4-22(5-3-21)39-23-7-9-31-14-23)36-27(19)37(28(24)38)15-20-13-34-41-26(20)18-6-8-30-11-18/h2-5,10,12-13,16,18,23,30-31H,6-9,11,14-15H2,1H3,(H,32,35,36). The number of rotatable bonds is 8. The van der Waals surface area contributed by atoms with E-state index in [9.17, 15) is 4.79 Å². The highest BCUT2D eigenvalue weighted by atomic mass is 32.1. The summed E-state index contributed by atoms with van der Waals surface area (Å²) < 4.78 is 12.3. The van der Waals surface area contributed by atoms with Crippen molar-refractivity contribution in [3.63, 3.8) is 0 Å². The van der Waals surface area contributed by atoms with Crippen LogP contribution in [0, 0.1) is 6.92 Å². The van der Waals surface area contributed by atoms with Gasteiger partial charge in [0.25, 0.3) is 5.56 Å². The maximum absolute atomic E-state index is 14.0. The zero-order chi connectivity index (χ0) is 27.8. The quantitative estimate of drug-likeness (QED) is 0.245. The van der Waals surface area contributed by atoms with Crippen molar-refractivity contribution < 1.29 is 4.74 Å². The molecule has 1 aromatic carbocycles. The lowest BCUT2D eigenvalue weighted by atomic mass is 10.0. The maximum atomic E-state index is 14.0. The molecule has 10 nitrogen and oxygen atoms in total. The normalized spacial score (nSPS) is 18.8. The second-order valence-corrected chi connectivity index (χ2v) is 12.4. The van der Waals surface area contributed by atoms with E-state index in [4.69, 9.17) is 9.72 Å². The first-order chi connectivity index (χ1) is 20.1. The number of hydrogen-bond acceptors (Lipinski definition) is 11. The lowest BCUT2D eigenvalue weighted by Gasteiger charge is -2.15. The van der Waals surface area contributed by atoms with Crippen LogP contribution in [-0.2, 0) is 6.54 Å². The highest BCUT2D eigenvalue weighted by Crippen LogP contribution is 2.31. The molecule has 210 valence electrons. The van der Waals surface area contributed by atoms with Crippen molar-refractivity contribution in [2.75, 3.05) is 31.5 Å². The van der Waals surface area contributed by atoms with Gasteiger partial charge in [0, 0.05) is 57.8 Å². The molecule has 0 spiro atoms. The summed E-state index contributed by atoms with van der Waals surface area (Å²) in [5, 5.41) is 10.8. The van der Waals surface area contributed by atoms with Gasteiger partial charge < -0.3 is 20.7 Å². The van der Waals surface area contributed by atoms with E-state index in [-0.39, 0.29) is 11.7 Å². The fraction of sp³-hybridized carbons (Fsp3) is 0.345. The van der Waals surface area contributed by atoms with Crippen molar-refractivity contribution >= 4 is 45.5 Å². The summed E-state index contributed by atoms with van der Waals surface area (Å²) in [6.45, 7) is 6.16. The van der Waals surface area contributed by atoms with Gasteiger partial charge in [-0.05, 0) is 74.7 Å². The predicted octanol–water partition coefficient (Wildman–Crippen LogP) is 4.29. The maximum Gasteiger partial charge on any atom is 0.262 e. The average molecular weight is 587 g/mol. The largest absolute Gasteiger partial charge is 0.489 e. The number of nitrogens with one attached hydrogen (secondary N) is 3. The van der Waals surface area contributed by atoms with Crippen LogP contribution in [0.2, 0.25) is 0 Å². The molecule has 0 radical (unpaired) electrons. The fourth-order valence-corrected chi connectivity index (χ4v) is 7.01. The van der Waals surface area contributed by atoms with Crippen molar-refractivity contribution in [2.24, 2.45) is 0 Å². The Bertz CT molecular complexity index is 1730. The van der Waals surface area contributed by atoms with Crippen LogP contribution in [-0.4, -0.2) is 56.2 Å². The first-order valence-corrected chi connectivity index (χ1v) is 15.5. The minimum absolute atomic E-state index is 0.124. The van der Waals surface area contributed by atoms with Crippen molar-refractivity contribution in [3.05, 3.63) is 73.9 Å². The minimum Gasteiger partial charge on any atom is -0.489 e. The molecule has 41 heavy (non-hydrogen) atoms. The summed E-state index contributed by atoms with van der Waals surface area (Å²) in [5.74, 6) is 1.66. The molecule has 0 aliphatic carbocycles. The molecule has 2 fully saturated rings. The first kappa shape index (κ1) is 26.2. The van der Waals surface area contributed by atoms with E-state index < -0.39 is 0 Å². The van der Waals surface area contributed by atoms with Gasteiger partial charge in [0.1, 0.15) is 17.5 Å². The number of hydrogen-bond donors (Lipinski definition) is 3. The van der Waals surface area contributed by atoms with Crippen molar-refractivity contribution in [1.82, 2.24) is 34.5 Å². The van der Waals surface area contributed by atoms with Gasteiger partial charge in [-0.2, -0.15) is 4.98 Å². The fourth-order valence-electron chi connectivity index (χ4n) is 5.54. The molecular weight excluding hydrogens is 557 g/mol. The molecule has 2 aliphatic heterocycles. The Morgan fingerprint density at radius 2 is 1.95 bits per heavy atom. The summed E-state index contributed by atoms with van der Waals surface area (Å²) >= 11 is 3.05. The summed E-state index contributed by atoms with van der Waals surface area (Å²) in [4.78, 5) is 30.2. The highest BCUT2D eigenvalue weighted by Gasteiger charge is 2.24. The summed E-state index contributed by atoms with van der Waals surface area (Å²) in [6.07, 6.45) is 5.95. The van der Waals surface area contributed by atoms with Crippen molar-refractivity contribution in [2.45, 2.75) is 38.3 Å². The van der Waals surface area contributed by atoms with Crippen molar-refractivity contribution in [1.29, 1.82) is 0 Å². The van der Waals surface area contributed by atoms with Crippen LogP contribution in [0.3, 0.4) is 0 Å². The van der Waals surface area contributed by atoms with Gasteiger partial charge in [0.05, 0.1) is 23.3 Å². The van der Waals surface area contributed by atoms with Crippen LogP contribution in [0.4, 0.5) is 11.6 Å². The number of aromatic nitrogens is 5. The van der Waals surface area contributed by atoms with Gasteiger partial charge >= 0.3 is 0 Å². The van der Waals surface area contributed by atoms with Crippen LogP contribution < -0.4 is 26.2 Å². The topological polar surface area (TPSA) is 119 Å². The Balaban J connectivity index is 1.24. The molecular formula is C29H30N8O2S2. The lowest BCUT2D eigenvalue weighted by Crippen LogP contribution is -2.24. The number of pyridine rings is 1. The molecule has 0 saturated carbocycles. The number of nitrogens with zero attached hydrogens (tertiary/aromatic N) is 5. The van der Waals surface area contributed by atoms with Crippen LogP contribution in [0.15, 0.2) is 53.0 Å². The van der Waals surface area contributed by atoms with Gasteiger partial charge in [-0.15, -0.1) is 11.3 Å². The van der Waals surface area contributed by atoms with E-state index in [1.807, 2.05) is 43.5 Å². The summed E-state index contributed by atoms with van der Waals surface area (Å²) in [6, 6.07) is 9.65. The number of ether oxygens (including phenoxy) is 1. The molecule has 2 aliphatic rings. The SMILES string of the molecule is Cc1scnc1-c1cc2cnc(Nc3ccc(OC4CCNC4)cc3)nc2n(Cc2cnsc2C2CCNC2)c1=O. The molecule has 2 saturated heterocycles. The molecule has 3 N–H and O–H groups in total. The molecule has 12 heteroatoms. The molecule has 4 aromatic heterocycles. The second kappa shape index (κ2) is 11.3. The Morgan fingerprint density at radius 3 is 2.71 bits per heavy atom. The zero-order valence-corrected chi connectivity index (χ0v) is 24.2. The third-order valence-electron chi connectivity index (χ3n) is 7.69. The third kappa shape index (κ3) is 5.35. The molecule has 0 amide bonds. The second-order valence-electron chi connectivity index (χ2n) is 10.5. The van der Waals surface area contributed by atoms with Crippen LogP contribution in [0.1, 0.15) is 34.1 Å². The number of aryl methyl sites for hydroxylation is 1. The number of anilines is 2. The molecule has 6 heterocycles. The minimum atomic E-state index is -0.124. The number of thiazole rings is 1. The smallest absolute Gasteiger partial charge is 0.262 e. The van der Waals surface area contributed by atoms with E-state index in [1.54, 1.807) is 16.3 Å². The zero-order valence-electron chi connectivity index (χ0n) is 22.6. The Hall–Kier alpha value is -3.71. The molecule has 2 unspecified atom stereocenters. The van der Waals surface area contributed by atoms with Gasteiger partial charge in [-0.25, -0.2) is 14.3 Å². The van der Waals surface area contributed by atoms with Gasteiger partial charge in [-0.3, -0.25) is 9.36 Å². The summed E-state index contributed by atoms with van der Waals surface area (Å²) in [5.41, 5.74) is 5.37. The monoisotopic (exact) mass is 586 g/mol. The van der Waals surface area contributed by atoms with Crippen molar-refractivity contribution in [3.8, 4) is 17.0 Å². The van der Waals surface area contributed by atoms with E-state index >= 15 is 0 Å². The van der Waals surface area contributed by atoms with Gasteiger partial charge in [-0.1, -0.05) is 0 Å². The van der Waals surface area contributed by atoms with E-state index in [2.05, 4.69) is 30.3 Å². The van der Waals surface area contributed by atoms with E-state index in [0.717, 1.165) is 66.3 Å². The van der Waals surface area contributed by atoms with Crippen LogP contribution >= 0.6 is 22.9 Å². The first-order valence-electron chi connectivity index (χ1n) is 13.8. The number of benzene rings is 1. The molecule has 2 atom stereocenters. The predicted molar refractivity (Wildman–Crippen MR) is 163 cm³/mol. The Labute approximate surface area is 245 Å². The third-order valence-corrected chi connectivity index (χ3v) is 9.45. The highest BCUT2D eigenvalue weighted by molar-refractivity contribution is 7.10. The van der Waals surface area contributed by atoms with Crippen LogP contribution in [0.5, 0.6) is 5.75 Å². The Kier molecular flexibility index (Phi) is 7.21. The molecule has 7 rings (SSSR count). The van der Waals surface area contributed by atoms with E-state index in [1.165, 1.54) is 27.7 Å². The molecule has 0 bridgehead atoms. The summed E-state index contributed by atoms with van der Waals surface area (Å²) in [7, 11) is 0. The lowest BCUT2D eigenvalue weighted by molar-refractivity contribution is 0.223. The molecule has 5 aromatic rings.